The van der Waals surface area contributed by atoms with Gasteiger partial charge in [-0.15, -0.1) is 0 Å². The quantitative estimate of drug-likeness (QED) is 0.450. The summed E-state index contributed by atoms with van der Waals surface area (Å²) in [5.41, 5.74) is 10.7. The van der Waals surface area contributed by atoms with Crippen LogP contribution < -0.4 is 11.1 Å². The predicted molar refractivity (Wildman–Crippen MR) is 122 cm³/mol. The van der Waals surface area contributed by atoms with Crippen LogP contribution in [0.2, 0.25) is 0 Å². The van der Waals surface area contributed by atoms with Crippen molar-refractivity contribution in [1.29, 1.82) is 0 Å². The fourth-order valence-electron chi connectivity index (χ4n) is 3.49. The highest BCUT2D eigenvalue weighted by Crippen LogP contribution is 2.30. The number of benzene rings is 1. The molecule has 8 nitrogen and oxygen atoms in total. The molecule has 1 amide bonds. The lowest BCUT2D eigenvalue weighted by atomic mass is 10.2. The largest absolute Gasteiger partial charge is 0.383 e. The number of fused-ring (bicyclic) bond motifs is 1. The Hall–Kier alpha value is -4.59. The van der Waals surface area contributed by atoms with Crippen LogP contribution in [-0.4, -0.2) is 30.4 Å². The molecular formula is C24H19N7O. The molecule has 8 heteroatoms. The number of nitrogens with one attached hydrogen (secondary N) is 1. The fraction of sp³-hybridized carbons (Fsp3) is 0.0417. The summed E-state index contributed by atoms with van der Waals surface area (Å²) < 4.78 is 1.96. The maximum absolute atomic E-state index is 12.3. The molecule has 0 aliphatic carbocycles. The first-order valence-electron chi connectivity index (χ1n) is 10.0. The highest BCUT2D eigenvalue weighted by molar-refractivity contribution is 5.93. The fourth-order valence-corrected chi connectivity index (χ4v) is 3.49. The minimum atomic E-state index is -0.165. The average Bonchev–Trinajstić information content (AvgIpc) is 3.23. The Labute approximate surface area is 183 Å². The number of pyridine rings is 3. The summed E-state index contributed by atoms with van der Waals surface area (Å²) >= 11 is 0. The second kappa shape index (κ2) is 8.27. The van der Waals surface area contributed by atoms with Crippen molar-refractivity contribution < 1.29 is 4.79 Å². The molecule has 0 atom stereocenters. The van der Waals surface area contributed by atoms with Gasteiger partial charge in [0.2, 0.25) is 0 Å². The molecule has 0 saturated carbocycles. The third-order valence-electron chi connectivity index (χ3n) is 5.07. The van der Waals surface area contributed by atoms with Crippen molar-refractivity contribution in [2.45, 2.75) is 6.54 Å². The van der Waals surface area contributed by atoms with E-state index in [-0.39, 0.29) is 5.91 Å². The summed E-state index contributed by atoms with van der Waals surface area (Å²) in [4.78, 5) is 29.7. The van der Waals surface area contributed by atoms with Crippen molar-refractivity contribution in [3.63, 3.8) is 0 Å². The Morgan fingerprint density at radius 2 is 1.72 bits per heavy atom. The standard InChI is InChI=1S/C24H19N7O/c25-21-19(5-2-12-27-21)22-30-20-6-3-13-28-23(20)31(22)18-9-7-16(8-10-18)14-29-24(32)17-4-1-11-26-15-17/h1-13,15H,14H2,(H2,25,27)(H,29,32). The van der Waals surface area contributed by atoms with Gasteiger partial charge < -0.3 is 11.1 Å². The van der Waals surface area contributed by atoms with Gasteiger partial charge in [-0.3, -0.25) is 14.3 Å². The van der Waals surface area contributed by atoms with E-state index in [1.54, 1.807) is 36.9 Å². The van der Waals surface area contributed by atoms with Crippen LogP contribution in [0.4, 0.5) is 5.82 Å². The highest BCUT2D eigenvalue weighted by atomic mass is 16.1. The molecule has 1 aromatic carbocycles. The maximum Gasteiger partial charge on any atom is 0.253 e. The number of nitrogens with two attached hydrogens (primary N) is 1. The Bertz CT molecular complexity index is 1400. The minimum Gasteiger partial charge on any atom is -0.383 e. The molecule has 0 saturated heterocycles. The van der Waals surface area contributed by atoms with Crippen molar-refractivity contribution in [3.05, 3.63) is 96.6 Å². The van der Waals surface area contributed by atoms with Gasteiger partial charge in [-0.1, -0.05) is 12.1 Å². The van der Waals surface area contributed by atoms with E-state index in [2.05, 4.69) is 20.3 Å². The lowest BCUT2D eigenvalue weighted by Gasteiger charge is -2.11. The Balaban J connectivity index is 1.46. The highest BCUT2D eigenvalue weighted by Gasteiger charge is 2.17. The first-order valence-corrected chi connectivity index (χ1v) is 10.0. The predicted octanol–water partition coefficient (Wildman–Crippen LogP) is 3.39. The van der Waals surface area contributed by atoms with E-state index >= 15 is 0 Å². The zero-order valence-corrected chi connectivity index (χ0v) is 17.0. The zero-order valence-electron chi connectivity index (χ0n) is 17.0. The molecule has 5 aromatic rings. The first-order chi connectivity index (χ1) is 15.7. The summed E-state index contributed by atoms with van der Waals surface area (Å²) in [5.74, 6) is 0.905. The average molecular weight is 421 g/mol. The van der Waals surface area contributed by atoms with Crippen LogP contribution in [0.25, 0.3) is 28.2 Å². The van der Waals surface area contributed by atoms with Crippen LogP contribution in [0.1, 0.15) is 15.9 Å². The van der Waals surface area contributed by atoms with E-state index < -0.39 is 0 Å². The van der Waals surface area contributed by atoms with E-state index in [0.29, 0.717) is 23.8 Å². The van der Waals surface area contributed by atoms with E-state index in [1.807, 2.05) is 53.1 Å². The third kappa shape index (κ3) is 3.65. The van der Waals surface area contributed by atoms with Crippen LogP contribution in [0.5, 0.6) is 0 Å². The molecule has 0 radical (unpaired) electrons. The molecule has 4 heterocycles. The summed E-state index contributed by atoms with van der Waals surface area (Å²) in [6.45, 7) is 0.402. The number of amides is 1. The lowest BCUT2D eigenvalue weighted by Crippen LogP contribution is -2.22. The van der Waals surface area contributed by atoms with Gasteiger partial charge in [0.05, 0.1) is 11.1 Å². The molecule has 4 aromatic heterocycles. The number of hydrogen-bond acceptors (Lipinski definition) is 6. The van der Waals surface area contributed by atoms with E-state index in [0.717, 1.165) is 28.0 Å². The van der Waals surface area contributed by atoms with Crippen molar-refractivity contribution >= 4 is 22.9 Å². The summed E-state index contributed by atoms with van der Waals surface area (Å²) in [6.07, 6.45) is 6.57. The van der Waals surface area contributed by atoms with Crippen LogP contribution in [0, 0.1) is 0 Å². The van der Waals surface area contributed by atoms with Crippen LogP contribution in [-0.2, 0) is 6.54 Å². The molecule has 0 aliphatic heterocycles. The van der Waals surface area contributed by atoms with Gasteiger partial charge in [-0.25, -0.2) is 15.0 Å². The van der Waals surface area contributed by atoms with Crippen LogP contribution in [0.15, 0.2) is 85.5 Å². The van der Waals surface area contributed by atoms with Gasteiger partial charge in [0, 0.05) is 37.0 Å². The molecule has 0 unspecified atom stereocenters. The molecule has 0 spiro atoms. The maximum atomic E-state index is 12.3. The SMILES string of the molecule is Nc1ncccc1-c1nc2cccnc2n1-c1ccc(CNC(=O)c2cccnc2)cc1. The zero-order chi connectivity index (χ0) is 21.9. The number of anilines is 1. The van der Waals surface area contributed by atoms with Crippen molar-refractivity contribution in [1.82, 2.24) is 29.8 Å². The van der Waals surface area contributed by atoms with E-state index in [9.17, 15) is 4.79 Å². The first kappa shape index (κ1) is 19.4. The van der Waals surface area contributed by atoms with Gasteiger partial charge in [-0.2, -0.15) is 0 Å². The Morgan fingerprint density at radius 3 is 2.50 bits per heavy atom. The number of rotatable bonds is 5. The van der Waals surface area contributed by atoms with Crippen molar-refractivity contribution in [2.24, 2.45) is 0 Å². The van der Waals surface area contributed by atoms with Gasteiger partial charge in [0.15, 0.2) is 11.5 Å². The number of carbonyl (C=O) groups excluding carboxylic acids is 1. The van der Waals surface area contributed by atoms with E-state index in [4.69, 9.17) is 10.7 Å². The minimum absolute atomic E-state index is 0.165. The molecule has 156 valence electrons. The van der Waals surface area contributed by atoms with E-state index in [1.165, 1.54) is 0 Å². The topological polar surface area (TPSA) is 112 Å². The van der Waals surface area contributed by atoms with Crippen molar-refractivity contribution in [3.8, 4) is 17.1 Å². The Morgan fingerprint density at radius 1 is 0.938 bits per heavy atom. The summed E-state index contributed by atoms with van der Waals surface area (Å²) in [7, 11) is 0. The third-order valence-corrected chi connectivity index (χ3v) is 5.07. The molecule has 3 N–H and O–H groups in total. The monoisotopic (exact) mass is 421 g/mol. The molecule has 32 heavy (non-hydrogen) atoms. The van der Waals surface area contributed by atoms with Crippen molar-refractivity contribution in [2.75, 3.05) is 5.73 Å². The van der Waals surface area contributed by atoms with Crippen LogP contribution in [0.3, 0.4) is 0 Å². The molecule has 5 rings (SSSR count). The second-order valence-electron chi connectivity index (χ2n) is 7.14. The number of nitrogens with zero attached hydrogens (tertiary/aromatic N) is 5. The smallest absolute Gasteiger partial charge is 0.253 e. The molecule has 0 fully saturated rings. The number of nitrogen functional groups attached to an aromatic ring is 1. The number of imidazole rings is 1. The van der Waals surface area contributed by atoms with Crippen LogP contribution >= 0.6 is 0 Å². The van der Waals surface area contributed by atoms with Gasteiger partial charge in [0.1, 0.15) is 11.3 Å². The lowest BCUT2D eigenvalue weighted by molar-refractivity contribution is 0.0950. The summed E-state index contributed by atoms with van der Waals surface area (Å²) in [6, 6.07) is 18.8. The molecular weight excluding hydrogens is 402 g/mol. The number of aromatic nitrogens is 5. The van der Waals surface area contributed by atoms with Gasteiger partial charge in [-0.05, 0) is 54.1 Å². The molecule has 0 aliphatic rings. The van der Waals surface area contributed by atoms with Gasteiger partial charge in [0.25, 0.3) is 5.91 Å². The summed E-state index contributed by atoms with van der Waals surface area (Å²) in [5, 5.41) is 2.91. The normalized spacial score (nSPS) is 10.9. The Kier molecular flexibility index (Phi) is 5.01. The van der Waals surface area contributed by atoms with Gasteiger partial charge >= 0.3 is 0 Å². The second-order valence-corrected chi connectivity index (χ2v) is 7.14. The number of hydrogen-bond donors (Lipinski definition) is 2. The molecule has 0 bridgehead atoms. The number of carbonyl (C=O) groups is 1.